The Kier molecular flexibility index (Phi) is 5.76. The van der Waals surface area contributed by atoms with Gasteiger partial charge < -0.3 is 14.8 Å². The first kappa shape index (κ1) is 17.0. The number of anilines is 1. The molecule has 124 valence electrons. The molecular formula is C17H23N3O3. The van der Waals surface area contributed by atoms with Gasteiger partial charge in [-0.2, -0.15) is 5.10 Å². The first-order valence-corrected chi connectivity index (χ1v) is 7.56. The second kappa shape index (κ2) is 7.78. The number of hydrogen-bond donors (Lipinski definition) is 2. The molecule has 0 aliphatic heterocycles. The summed E-state index contributed by atoms with van der Waals surface area (Å²) in [4.78, 5) is 12.0. The van der Waals surface area contributed by atoms with Crippen molar-refractivity contribution >= 4 is 11.6 Å². The van der Waals surface area contributed by atoms with Crippen molar-refractivity contribution < 1.29 is 14.3 Å². The quantitative estimate of drug-likeness (QED) is 0.823. The Hall–Kier alpha value is -2.34. The van der Waals surface area contributed by atoms with Gasteiger partial charge in [0.2, 0.25) is 5.91 Å². The molecule has 0 saturated heterocycles. The molecule has 1 aromatic heterocycles. The average molecular weight is 317 g/mol. The molecule has 23 heavy (non-hydrogen) atoms. The fourth-order valence-electron chi connectivity index (χ4n) is 2.41. The lowest BCUT2D eigenvalue weighted by Crippen LogP contribution is -2.18. The largest absolute Gasteiger partial charge is 0.496 e. The third-order valence-electron chi connectivity index (χ3n) is 3.36. The number of rotatable bonds is 7. The van der Waals surface area contributed by atoms with E-state index in [4.69, 9.17) is 9.47 Å². The number of amides is 1. The third kappa shape index (κ3) is 4.10. The Morgan fingerprint density at radius 3 is 2.70 bits per heavy atom. The first-order chi connectivity index (χ1) is 11.1. The molecule has 1 amide bonds. The van der Waals surface area contributed by atoms with Gasteiger partial charge in [0.05, 0.1) is 18.5 Å². The van der Waals surface area contributed by atoms with E-state index in [0.717, 1.165) is 17.7 Å². The Balaban J connectivity index is 2.46. The van der Waals surface area contributed by atoms with E-state index in [1.165, 1.54) is 7.11 Å². The van der Waals surface area contributed by atoms with Crippen molar-refractivity contribution in [3.8, 4) is 17.0 Å². The van der Waals surface area contributed by atoms with Crippen LogP contribution in [0, 0.1) is 5.92 Å². The van der Waals surface area contributed by atoms with Gasteiger partial charge in [-0.1, -0.05) is 26.0 Å². The van der Waals surface area contributed by atoms with Crippen molar-refractivity contribution in [2.45, 2.75) is 20.3 Å². The molecule has 1 heterocycles. The van der Waals surface area contributed by atoms with E-state index < -0.39 is 0 Å². The number of benzene rings is 1. The van der Waals surface area contributed by atoms with Crippen LogP contribution >= 0.6 is 0 Å². The number of ether oxygens (including phenoxy) is 2. The number of H-pyrrole nitrogens is 1. The summed E-state index contributed by atoms with van der Waals surface area (Å²) >= 11 is 0. The zero-order valence-corrected chi connectivity index (χ0v) is 14.0. The number of hydrogen-bond acceptors (Lipinski definition) is 4. The summed E-state index contributed by atoms with van der Waals surface area (Å²) < 4.78 is 10.3. The number of para-hydroxylation sites is 1. The molecule has 2 N–H and O–H groups in total. The number of nitrogens with zero attached hydrogens (tertiary/aromatic N) is 1. The summed E-state index contributed by atoms with van der Waals surface area (Å²) in [6.07, 6.45) is 0.782. The summed E-state index contributed by atoms with van der Waals surface area (Å²) in [6, 6.07) is 7.59. The Bertz CT molecular complexity index is 665. The van der Waals surface area contributed by atoms with Crippen LogP contribution in [0.3, 0.4) is 0 Å². The summed E-state index contributed by atoms with van der Waals surface area (Å²) in [5, 5.41) is 10.3. The normalized spacial score (nSPS) is 10.8. The van der Waals surface area contributed by atoms with Gasteiger partial charge in [-0.05, 0) is 24.5 Å². The Labute approximate surface area is 136 Å². The van der Waals surface area contributed by atoms with E-state index in [9.17, 15) is 4.79 Å². The predicted molar refractivity (Wildman–Crippen MR) is 89.6 cm³/mol. The lowest BCUT2D eigenvalue weighted by Gasteiger charge is -2.11. The minimum Gasteiger partial charge on any atom is -0.496 e. The minimum atomic E-state index is -0.213. The summed E-state index contributed by atoms with van der Waals surface area (Å²) in [5.74, 6) is 0.923. The van der Waals surface area contributed by atoms with Crippen LogP contribution < -0.4 is 10.1 Å². The van der Waals surface area contributed by atoms with Crippen molar-refractivity contribution in [1.29, 1.82) is 0 Å². The molecule has 0 spiro atoms. The minimum absolute atomic E-state index is 0.00232. The molecule has 2 rings (SSSR count). The van der Waals surface area contributed by atoms with Gasteiger partial charge in [0, 0.05) is 12.7 Å². The summed E-state index contributed by atoms with van der Waals surface area (Å²) in [7, 11) is 3.11. The molecule has 6 nitrogen and oxygen atoms in total. The van der Waals surface area contributed by atoms with Crippen LogP contribution in [0.5, 0.6) is 5.75 Å². The number of carbonyl (C=O) groups excluding carboxylic acids is 1. The van der Waals surface area contributed by atoms with Crippen molar-refractivity contribution in [2.75, 3.05) is 26.1 Å². The molecule has 0 radical (unpaired) electrons. The highest BCUT2D eigenvalue weighted by Crippen LogP contribution is 2.35. The van der Waals surface area contributed by atoms with E-state index in [0.29, 0.717) is 23.0 Å². The Morgan fingerprint density at radius 2 is 2.04 bits per heavy atom. The smallest absolute Gasteiger partial charge is 0.250 e. The maximum Gasteiger partial charge on any atom is 0.250 e. The molecule has 1 aromatic carbocycles. The van der Waals surface area contributed by atoms with E-state index in [-0.39, 0.29) is 12.5 Å². The average Bonchev–Trinajstić information content (AvgIpc) is 2.89. The van der Waals surface area contributed by atoms with Crippen LogP contribution in [0.2, 0.25) is 0 Å². The van der Waals surface area contributed by atoms with Crippen LogP contribution in [0.4, 0.5) is 5.69 Å². The fourth-order valence-corrected chi connectivity index (χ4v) is 2.41. The van der Waals surface area contributed by atoms with Gasteiger partial charge in [0.1, 0.15) is 18.1 Å². The van der Waals surface area contributed by atoms with Gasteiger partial charge in [-0.25, -0.2) is 0 Å². The van der Waals surface area contributed by atoms with Crippen LogP contribution in [-0.2, 0) is 16.0 Å². The maximum absolute atomic E-state index is 12.0. The standard InChI is InChI=1S/C17H23N3O3/c1-11(2)9-13-17(18-15(21)10-22-3)16(20-19-13)12-7-5-6-8-14(12)23-4/h5-8,11H,9-10H2,1-4H3,(H,18,21)(H,19,20). The number of carbonyl (C=O) groups is 1. The molecule has 0 saturated carbocycles. The van der Waals surface area contributed by atoms with Crippen molar-refractivity contribution in [2.24, 2.45) is 5.92 Å². The third-order valence-corrected chi connectivity index (χ3v) is 3.36. The fraction of sp³-hybridized carbons (Fsp3) is 0.412. The van der Waals surface area contributed by atoms with Gasteiger partial charge in [0.15, 0.2) is 0 Å². The van der Waals surface area contributed by atoms with E-state index in [1.807, 2.05) is 24.3 Å². The first-order valence-electron chi connectivity index (χ1n) is 7.56. The van der Waals surface area contributed by atoms with Gasteiger partial charge >= 0.3 is 0 Å². The lowest BCUT2D eigenvalue weighted by molar-refractivity contribution is -0.119. The van der Waals surface area contributed by atoms with E-state index >= 15 is 0 Å². The van der Waals surface area contributed by atoms with E-state index in [2.05, 4.69) is 29.4 Å². The van der Waals surface area contributed by atoms with Crippen LogP contribution in [0.15, 0.2) is 24.3 Å². The summed E-state index contributed by atoms with van der Waals surface area (Å²) in [6.45, 7) is 4.23. The molecule has 6 heteroatoms. The summed E-state index contributed by atoms with van der Waals surface area (Å²) in [5.41, 5.74) is 3.08. The van der Waals surface area contributed by atoms with Crippen LogP contribution in [0.25, 0.3) is 11.3 Å². The van der Waals surface area contributed by atoms with Gasteiger partial charge in [-0.3, -0.25) is 9.89 Å². The predicted octanol–water partition coefficient (Wildman–Crippen LogP) is 2.87. The Morgan fingerprint density at radius 1 is 1.30 bits per heavy atom. The topological polar surface area (TPSA) is 76.2 Å². The van der Waals surface area contributed by atoms with Crippen molar-refractivity contribution in [3.05, 3.63) is 30.0 Å². The molecule has 0 fully saturated rings. The SMILES string of the molecule is COCC(=O)Nc1c(-c2ccccc2OC)n[nH]c1CC(C)C. The van der Waals surface area contributed by atoms with Crippen molar-refractivity contribution in [1.82, 2.24) is 10.2 Å². The zero-order valence-electron chi connectivity index (χ0n) is 14.0. The van der Waals surface area contributed by atoms with Gasteiger partial charge in [0.25, 0.3) is 0 Å². The lowest BCUT2D eigenvalue weighted by atomic mass is 10.0. The second-order valence-corrected chi connectivity index (χ2v) is 5.71. The maximum atomic E-state index is 12.0. The van der Waals surface area contributed by atoms with Crippen molar-refractivity contribution in [3.63, 3.8) is 0 Å². The van der Waals surface area contributed by atoms with Crippen LogP contribution in [-0.4, -0.2) is 36.9 Å². The highest BCUT2D eigenvalue weighted by atomic mass is 16.5. The molecule has 0 aliphatic carbocycles. The molecule has 0 aliphatic rings. The van der Waals surface area contributed by atoms with Crippen LogP contribution in [0.1, 0.15) is 19.5 Å². The second-order valence-electron chi connectivity index (χ2n) is 5.71. The van der Waals surface area contributed by atoms with E-state index in [1.54, 1.807) is 7.11 Å². The monoisotopic (exact) mass is 317 g/mol. The highest BCUT2D eigenvalue weighted by Gasteiger charge is 2.20. The molecular weight excluding hydrogens is 294 g/mol. The molecule has 0 atom stereocenters. The number of aromatic nitrogens is 2. The number of nitrogens with one attached hydrogen (secondary N) is 2. The zero-order chi connectivity index (χ0) is 16.8. The highest BCUT2D eigenvalue weighted by molar-refractivity contribution is 5.96. The molecule has 0 unspecified atom stereocenters. The molecule has 2 aromatic rings. The number of aromatic amines is 1. The number of methoxy groups -OCH3 is 2. The molecule has 0 bridgehead atoms. The van der Waals surface area contributed by atoms with Gasteiger partial charge in [-0.15, -0.1) is 0 Å².